The van der Waals surface area contributed by atoms with Gasteiger partial charge in [0.2, 0.25) is 11.8 Å². The number of nitrogens with zero attached hydrogens (tertiary/aromatic N) is 1. The summed E-state index contributed by atoms with van der Waals surface area (Å²) in [6.45, 7) is 4.87. The van der Waals surface area contributed by atoms with E-state index in [1.54, 1.807) is 4.90 Å². The van der Waals surface area contributed by atoms with Gasteiger partial charge in [-0.1, -0.05) is 38.8 Å². The van der Waals surface area contributed by atoms with Gasteiger partial charge in [-0.15, -0.1) is 11.8 Å². The Bertz CT molecular complexity index is 743. The van der Waals surface area contributed by atoms with E-state index in [1.165, 1.54) is 24.6 Å². The molecule has 1 aliphatic heterocycles. The van der Waals surface area contributed by atoms with Crippen molar-refractivity contribution in [2.24, 2.45) is 11.8 Å². The third-order valence-corrected chi connectivity index (χ3v) is 6.98. The molecular weight excluding hydrogens is 392 g/mol. The maximum Gasteiger partial charge on any atom is 0.240 e. The van der Waals surface area contributed by atoms with Crippen LogP contribution in [0, 0.1) is 11.8 Å². The molecule has 2 amide bonds. The number of anilines is 1. The molecule has 2 aliphatic rings. The molecule has 0 aromatic heterocycles. The number of nitrogens with one attached hydrogen (secondary N) is 3. The first kappa shape index (κ1) is 20.9. The van der Waals surface area contributed by atoms with Crippen LogP contribution in [-0.2, 0) is 9.59 Å². The van der Waals surface area contributed by atoms with Crippen molar-refractivity contribution in [3.63, 3.8) is 0 Å². The number of carbonyl (C=O) groups is 2. The van der Waals surface area contributed by atoms with Crippen LogP contribution in [0.25, 0.3) is 0 Å². The summed E-state index contributed by atoms with van der Waals surface area (Å²) >= 11 is 6.86. The molecular formula is C20H28N4O2S2. The van der Waals surface area contributed by atoms with Crippen LogP contribution < -0.4 is 21.1 Å². The molecule has 152 valence electrons. The number of thiocarbonyl (C=S) groups is 1. The molecule has 3 rings (SSSR count). The minimum Gasteiger partial charge on any atom is -0.358 e. The molecule has 1 saturated carbocycles. The van der Waals surface area contributed by atoms with Crippen molar-refractivity contribution in [1.82, 2.24) is 16.2 Å². The van der Waals surface area contributed by atoms with Crippen molar-refractivity contribution >= 4 is 46.6 Å². The number of para-hydroxylation sites is 1. The maximum atomic E-state index is 12.2. The Labute approximate surface area is 176 Å². The fourth-order valence-corrected chi connectivity index (χ4v) is 4.93. The van der Waals surface area contributed by atoms with Gasteiger partial charge in [0.05, 0.1) is 11.4 Å². The fraction of sp³-hybridized carbons (Fsp3) is 0.550. The number of thioether (sulfide) groups is 1. The molecule has 0 saturated heterocycles. The monoisotopic (exact) mass is 420 g/mol. The van der Waals surface area contributed by atoms with E-state index in [2.05, 4.69) is 30.0 Å². The van der Waals surface area contributed by atoms with Gasteiger partial charge in [0, 0.05) is 23.9 Å². The summed E-state index contributed by atoms with van der Waals surface area (Å²) < 4.78 is 0. The van der Waals surface area contributed by atoms with E-state index in [4.69, 9.17) is 12.2 Å². The molecule has 0 bridgehead atoms. The van der Waals surface area contributed by atoms with Crippen LogP contribution in [0.3, 0.4) is 0 Å². The molecule has 3 N–H and O–H groups in total. The normalized spacial score (nSPS) is 24.3. The van der Waals surface area contributed by atoms with Gasteiger partial charge in [0.15, 0.2) is 5.11 Å². The zero-order chi connectivity index (χ0) is 20.1. The maximum absolute atomic E-state index is 12.2. The van der Waals surface area contributed by atoms with Crippen LogP contribution in [0.5, 0.6) is 0 Å². The molecule has 1 fully saturated rings. The van der Waals surface area contributed by atoms with Gasteiger partial charge >= 0.3 is 0 Å². The van der Waals surface area contributed by atoms with Crippen molar-refractivity contribution in [3.8, 4) is 0 Å². The molecule has 0 spiro atoms. The minimum absolute atomic E-state index is 0.0297. The van der Waals surface area contributed by atoms with E-state index in [-0.39, 0.29) is 18.2 Å². The Kier molecular flexibility index (Phi) is 7.18. The highest BCUT2D eigenvalue weighted by Crippen LogP contribution is 2.34. The molecule has 1 aliphatic carbocycles. The summed E-state index contributed by atoms with van der Waals surface area (Å²) in [7, 11) is 0. The third-order valence-electron chi connectivity index (χ3n) is 5.71. The molecule has 1 aromatic rings. The Morgan fingerprint density at radius 1 is 1.25 bits per heavy atom. The lowest BCUT2D eigenvalue weighted by Crippen LogP contribution is -2.52. The molecule has 3 atom stereocenters. The second kappa shape index (κ2) is 9.60. The number of rotatable bonds is 4. The van der Waals surface area contributed by atoms with Crippen molar-refractivity contribution < 1.29 is 9.59 Å². The van der Waals surface area contributed by atoms with Gasteiger partial charge in [-0.2, -0.15) is 0 Å². The largest absolute Gasteiger partial charge is 0.358 e. The summed E-state index contributed by atoms with van der Waals surface area (Å²) in [5.74, 6) is 1.46. The number of carbonyl (C=O) groups excluding carboxylic acids is 2. The predicted molar refractivity (Wildman–Crippen MR) is 117 cm³/mol. The highest BCUT2D eigenvalue weighted by atomic mass is 32.2. The van der Waals surface area contributed by atoms with Crippen molar-refractivity contribution in [3.05, 3.63) is 24.3 Å². The Balaban J connectivity index is 1.43. The molecule has 1 heterocycles. The molecule has 8 heteroatoms. The zero-order valence-electron chi connectivity index (χ0n) is 16.4. The number of hydrogen-bond donors (Lipinski definition) is 3. The van der Waals surface area contributed by atoms with Crippen LogP contribution in [0.1, 0.15) is 39.5 Å². The van der Waals surface area contributed by atoms with E-state index in [1.807, 2.05) is 24.3 Å². The van der Waals surface area contributed by atoms with E-state index >= 15 is 0 Å². The van der Waals surface area contributed by atoms with Crippen LogP contribution in [0.2, 0.25) is 0 Å². The van der Waals surface area contributed by atoms with Crippen LogP contribution in [0.15, 0.2) is 29.2 Å². The minimum atomic E-state index is -0.197. The summed E-state index contributed by atoms with van der Waals surface area (Å²) in [6, 6.07) is 8.11. The zero-order valence-corrected chi connectivity index (χ0v) is 18.0. The smallest absolute Gasteiger partial charge is 0.240 e. The average Bonchev–Trinajstić information content (AvgIpc) is 2.69. The van der Waals surface area contributed by atoms with Gasteiger partial charge in [-0.05, 0) is 42.6 Å². The van der Waals surface area contributed by atoms with Gasteiger partial charge < -0.3 is 10.2 Å². The van der Waals surface area contributed by atoms with E-state index in [0.717, 1.165) is 17.0 Å². The Hall–Kier alpha value is -1.80. The quantitative estimate of drug-likeness (QED) is 0.514. The first-order valence-electron chi connectivity index (χ1n) is 9.83. The van der Waals surface area contributed by atoms with Crippen molar-refractivity contribution in [1.29, 1.82) is 0 Å². The predicted octanol–water partition coefficient (Wildman–Crippen LogP) is 2.84. The lowest BCUT2D eigenvalue weighted by Gasteiger charge is -2.35. The topological polar surface area (TPSA) is 73.5 Å². The molecule has 0 unspecified atom stereocenters. The van der Waals surface area contributed by atoms with E-state index in [0.29, 0.717) is 35.3 Å². The standard InChI is InChI=1S/C20H28N4O2S2/c1-13-6-5-7-15(14(13)2)21-20(27)23-22-18(25)10-11-24-16-8-3-4-9-17(16)28-12-19(24)26/h3-4,8-9,13-15H,5-7,10-12H2,1-2H3,(H,22,25)(H2,21,23,27)/t13-,14-,15+/m1/s1. The third kappa shape index (κ3) is 5.17. The summed E-state index contributed by atoms with van der Waals surface area (Å²) in [5.41, 5.74) is 6.31. The van der Waals surface area contributed by atoms with Gasteiger partial charge in [-0.25, -0.2) is 0 Å². The lowest BCUT2D eigenvalue weighted by molar-refractivity contribution is -0.121. The fourth-order valence-electron chi connectivity index (χ4n) is 3.79. The average molecular weight is 421 g/mol. The number of fused-ring (bicyclic) bond motifs is 1. The second-order valence-corrected chi connectivity index (χ2v) is 9.00. The van der Waals surface area contributed by atoms with Crippen molar-refractivity contribution in [2.75, 3.05) is 17.2 Å². The molecule has 0 radical (unpaired) electrons. The number of amides is 2. The van der Waals surface area contributed by atoms with Crippen LogP contribution in [-0.4, -0.2) is 35.3 Å². The van der Waals surface area contributed by atoms with Crippen molar-refractivity contribution in [2.45, 2.75) is 50.5 Å². The van der Waals surface area contributed by atoms with Gasteiger partial charge in [0.25, 0.3) is 0 Å². The summed E-state index contributed by atoms with van der Waals surface area (Å²) in [5, 5.41) is 3.76. The molecule has 6 nitrogen and oxygen atoms in total. The van der Waals surface area contributed by atoms with Gasteiger partial charge in [0.1, 0.15) is 0 Å². The summed E-state index contributed by atoms with van der Waals surface area (Å²) in [4.78, 5) is 27.2. The number of benzene rings is 1. The second-order valence-electron chi connectivity index (χ2n) is 7.57. The van der Waals surface area contributed by atoms with Gasteiger partial charge in [-0.3, -0.25) is 20.4 Å². The number of hydrazine groups is 1. The van der Waals surface area contributed by atoms with Crippen LogP contribution >= 0.6 is 24.0 Å². The first-order valence-corrected chi connectivity index (χ1v) is 11.2. The highest BCUT2D eigenvalue weighted by molar-refractivity contribution is 8.00. The van der Waals surface area contributed by atoms with Crippen LogP contribution in [0.4, 0.5) is 5.69 Å². The highest BCUT2D eigenvalue weighted by Gasteiger charge is 2.27. The Morgan fingerprint density at radius 3 is 2.86 bits per heavy atom. The molecule has 28 heavy (non-hydrogen) atoms. The lowest BCUT2D eigenvalue weighted by atomic mass is 9.78. The van der Waals surface area contributed by atoms with E-state index in [9.17, 15) is 9.59 Å². The van der Waals surface area contributed by atoms with E-state index < -0.39 is 0 Å². The molecule has 1 aromatic carbocycles. The number of hydrogen-bond acceptors (Lipinski definition) is 4. The summed E-state index contributed by atoms with van der Waals surface area (Å²) in [6.07, 6.45) is 3.75. The SMILES string of the molecule is C[C@@H]1[C@H](C)CCC[C@@H]1NC(=S)NNC(=O)CCN1C(=O)CSc2ccccc21. The Morgan fingerprint density at radius 2 is 2.04 bits per heavy atom. The first-order chi connectivity index (χ1) is 13.5.